The van der Waals surface area contributed by atoms with Gasteiger partial charge in [-0.05, 0) is 49.9 Å². The Morgan fingerprint density at radius 2 is 1.33 bits per heavy atom. The summed E-state index contributed by atoms with van der Waals surface area (Å²) in [6.07, 6.45) is 0.779. The number of hydrogen-bond donors (Lipinski definition) is 2. The van der Waals surface area contributed by atoms with Gasteiger partial charge < -0.3 is 19.7 Å². The molecule has 11 nitrogen and oxygen atoms in total. The van der Waals surface area contributed by atoms with Crippen LogP contribution in [0.5, 0.6) is 0 Å². The zero-order chi connectivity index (χ0) is 22.8. The molecule has 0 atom stereocenters. The van der Waals surface area contributed by atoms with Crippen molar-refractivity contribution in [3.05, 3.63) is 89.2 Å². The Bertz CT molecular complexity index is 1260. The number of benzene rings is 2. The summed E-state index contributed by atoms with van der Waals surface area (Å²) in [6, 6.07) is 16.2. The van der Waals surface area contributed by atoms with E-state index in [9.17, 15) is 13.0 Å². The van der Waals surface area contributed by atoms with Crippen LogP contribution >= 0.6 is 0 Å². The predicted octanol–water partition coefficient (Wildman–Crippen LogP) is 3.09. The summed E-state index contributed by atoms with van der Waals surface area (Å²) >= 11 is 0. The Morgan fingerprint density at radius 3 is 1.76 bits per heavy atom. The van der Waals surface area contributed by atoms with Gasteiger partial charge in [-0.25, -0.2) is 8.42 Å². The lowest BCUT2D eigenvalue weighted by atomic mass is 9.76. The molecule has 12 heteroatoms. The van der Waals surface area contributed by atoms with Crippen molar-refractivity contribution in [1.29, 1.82) is 0 Å². The van der Waals surface area contributed by atoms with Crippen LogP contribution < -0.4 is 10.9 Å². The van der Waals surface area contributed by atoms with Gasteiger partial charge in [-0.1, -0.05) is 52.8 Å². The van der Waals surface area contributed by atoms with Gasteiger partial charge in [0.2, 0.25) is 11.8 Å². The van der Waals surface area contributed by atoms with E-state index in [4.69, 9.17) is 9.05 Å². The number of aromatic nitrogens is 4. The molecule has 4 rings (SSSR count). The maximum Gasteiger partial charge on any atom is 0.243 e. The SMILES string of the molecule is Cc1noc(C(Cc2ccccc2)(Cc2ccc(NS(=O)(=O)[O-])cc2)c2nc(C)no2)n1.[NH4+]. The molecule has 0 saturated heterocycles. The molecule has 0 amide bonds. The number of nitrogens with one attached hydrogen (secondary N) is 1. The number of rotatable bonds is 8. The summed E-state index contributed by atoms with van der Waals surface area (Å²) in [6.45, 7) is 3.45. The molecule has 2 aromatic heterocycles. The second kappa shape index (κ2) is 9.48. The van der Waals surface area contributed by atoms with Crippen molar-refractivity contribution < 1.29 is 22.0 Å². The van der Waals surface area contributed by atoms with Crippen LogP contribution in [-0.4, -0.2) is 33.3 Å². The summed E-state index contributed by atoms with van der Waals surface area (Å²) in [5.74, 6) is 1.58. The summed E-state index contributed by atoms with van der Waals surface area (Å²) in [5.41, 5.74) is 1.000. The van der Waals surface area contributed by atoms with Crippen LogP contribution in [0.4, 0.5) is 5.69 Å². The second-order valence-corrected chi connectivity index (χ2v) is 8.58. The van der Waals surface area contributed by atoms with Crippen LogP contribution in [0, 0.1) is 13.8 Å². The Morgan fingerprint density at radius 1 is 0.848 bits per heavy atom. The highest BCUT2D eigenvalue weighted by Crippen LogP contribution is 2.38. The van der Waals surface area contributed by atoms with Gasteiger partial charge in [0, 0.05) is 5.69 Å². The molecule has 4 aromatic rings. The Balaban J connectivity index is 0.00000306. The van der Waals surface area contributed by atoms with Gasteiger partial charge in [-0.15, -0.1) is 0 Å². The maximum atomic E-state index is 11.0. The molecular weight excluding hydrogens is 448 g/mol. The Hall–Kier alpha value is -3.61. The number of hydrogen-bond acceptors (Lipinski definition) is 9. The zero-order valence-corrected chi connectivity index (χ0v) is 19.2. The third kappa shape index (κ3) is 5.61. The molecule has 2 aromatic carbocycles. The van der Waals surface area contributed by atoms with Crippen molar-refractivity contribution >= 4 is 16.0 Å². The van der Waals surface area contributed by atoms with Crippen LogP contribution in [0.1, 0.15) is 34.6 Å². The molecule has 0 bridgehead atoms. The van der Waals surface area contributed by atoms with E-state index in [1.165, 1.54) is 12.1 Å². The molecule has 174 valence electrons. The van der Waals surface area contributed by atoms with Gasteiger partial charge in [0.1, 0.15) is 5.41 Å². The average molecular weight is 473 g/mol. The summed E-state index contributed by atoms with van der Waals surface area (Å²) in [4.78, 5) is 8.98. The highest BCUT2D eigenvalue weighted by atomic mass is 32.2. The fourth-order valence-electron chi connectivity index (χ4n) is 3.57. The molecule has 0 aliphatic rings. The molecule has 0 aliphatic carbocycles. The van der Waals surface area contributed by atoms with Crippen molar-refractivity contribution in [2.45, 2.75) is 32.1 Å². The second-order valence-electron chi connectivity index (χ2n) is 7.47. The van der Waals surface area contributed by atoms with E-state index in [-0.39, 0.29) is 11.8 Å². The molecular formula is C21H24N6O5S. The van der Waals surface area contributed by atoms with E-state index in [1.807, 2.05) is 35.1 Å². The Labute approximate surface area is 190 Å². The van der Waals surface area contributed by atoms with Gasteiger partial charge in [-0.2, -0.15) is 9.97 Å². The minimum atomic E-state index is -4.61. The first-order valence-electron chi connectivity index (χ1n) is 9.72. The molecule has 0 aliphatic heterocycles. The molecule has 0 unspecified atom stereocenters. The number of nitrogens with zero attached hydrogens (tertiary/aromatic N) is 4. The average Bonchev–Trinajstić information content (AvgIpc) is 3.37. The van der Waals surface area contributed by atoms with Crippen molar-refractivity contribution in [2.24, 2.45) is 0 Å². The number of quaternary nitrogens is 1. The molecule has 0 spiro atoms. The predicted molar refractivity (Wildman–Crippen MR) is 118 cm³/mol. The molecule has 5 N–H and O–H groups in total. The van der Waals surface area contributed by atoms with E-state index >= 15 is 0 Å². The van der Waals surface area contributed by atoms with Gasteiger partial charge in [0.15, 0.2) is 22.0 Å². The third-order valence-corrected chi connectivity index (χ3v) is 5.41. The zero-order valence-electron chi connectivity index (χ0n) is 18.3. The molecule has 2 heterocycles. The lowest BCUT2D eigenvalue weighted by molar-refractivity contribution is 0.242. The fourth-order valence-corrected chi connectivity index (χ4v) is 3.99. The maximum absolute atomic E-state index is 11.0. The molecule has 0 radical (unpaired) electrons. The largest absolute Gasteiger partial charge is 0.731 e. The van der Waals surface area contributed by atoms with Crippen molar-refractivity contribution in [1.82, 2.24) is 26.4 Å². The molecule has 33 heavy (non-hydrogen) atoms. The van der Waals surface area contributed by atoms with Crippen LogP contribution in [0.25, 0.3) is 0 Å². The summed E-state index contributed by atoms with van der Waals surface area (Å²) in [5, 5.41) is 7.93. The Kier molecular flexibility index (Phi) is 6.91. The summed E-state index contributed by atoms with van der Waals surface area (Å²) in [7, 11) is -4.61. The van der Waals surface area contributed by atoms with Crippen LogP contribution in [0.3, 0.4) is 0 Å². The lowest BCUT2D eigenvalue weighted by Crippen LogP contribution is -2.34. The molecule has 0 fully saturated rings. The van der Waals surface area contributed by atoms with E-state index in [0.29, 0.717) is 36.3 Å². The smallest absolute Gasteiger partial charge is 0.243 e. The lowest BCUT2D eigenvalue weighted by Gasteiger charge is -2.27. The minimum absolute atomic E-state index is 0. The number of aryl methyl sites for hydroxylation is 2. The molecule has 0 saturated carbocycles. The first-order chi connectivity index (χ1) is 15.2. The van der Waals surface area contributed by atoms with Crippen molar-refractivity contribution in [3.8, 4) is 0 Å². The fraction of sp³-hybridized carbons (Fsp3) is 0.238. The van der Waals surface area contributed by atoms with Gasteiger partial charge in [0.25, 0.3) is 0 Å². The monoisotopic (exact) mass is 472 g/mol. The van der Waals surface area contributed by atoms with Crippen LogP contribution in [0.15, 0.2) is 63.6 Å². The highest BCUT2D eigenvalue weighted by Gasteiger charge is 2.45. The van der Waals surface area contributed by atoms with Crippen LogP contribution in [0.2, 0.25) is 0 Å². The van der Waals surface area contributed by atoms with Crippen LogP contribution in [-0.2, 0) is 28.6 Å². The highest BCUT2D eigenvalue weighted by molar-refractivity contribution is 7.87. The third-order valence-electron chi connectivity index (χ3n) is 4.93. The number of anilines is 1. The van der Waals surface area contributed by atoms with E-state index in [2.05, 4.69) is 20.3 Å². The standard InChI is InChI=1S/C21H21N5O5S.H3N/c1-14-22-19(30-24-14)21(20-23-15(2)25-31-20,12-16-6-4-3-5-7-16)13-17-8-10-18(11-9-17)26-32(27,28)29;/h3-11,26H,12-13H2,1-2H3,(H,27,28,29);1H3. The quantitative estimate of drug-likeness (QED) is 0.364. The van der Waals surface area contributed by atoms with Crippen molar-refractivity contribution in [2.75, 3.05) is 4.72 Å². The van der Waals surface area contributed by atoms with E-state index in [0.717, 1.165) is 11.1 Å². The normalized spacial score (nSPS) is 11.7. The van der Waals surface area contributed by atoms with Crippen molar-refractivity contribution in [3.63, 3.8) is 0 Å². The first-order valence-corrected chi connectivity index (χ1v) is 11.1. The minimum Gasteiger partial charge on any atom is -0.731 e. The summed E-state index contributed by atoms with van der Waals surface area (Å²) < 4.78 is 46.0. The van der Waals surface area contributed by atoms with Gasteiger partial charge >= 0.3 is 0 Å². The topological polar surface area (TPSA) is 184 Å². The van der Waals surface area contributed by atoms with E-state index in [1.54, 1.807) is 26.0 Å². The van der Waals surface area contributed by atoms with Gasteiger partial charge in [-0.3, -0.25) is 4.72 Å². The van der Waals surface area contributed by atoms with E-state index < -0.39 is 15.7 Å². The first kappa shape index (κ1) is 24.0. The van der Waals surface area contributed by atoms with Gasteiger partial charge in [0.05, 0.1) is 0 Å².